The van der Waals surface area contributed by atoms with Gasteiger partial charge in [-0.1, -0.05) is 30.3 Å². The highest BCUT2D eigenvalue weighted by Crippen LogP contribution is 2.49. The van der Waals surface area contributed by atoms with Crippen molar-refractivity contribution in [1.82, 2.24) is 10.0 Å². The maximum absolute atomic E-state index is 13.3. The predicted octanol–water partition coefficient (Wildman–Crippen LogP) is 2.13. The van der Waals surface area contributed by atoms with Crippen molar-refractivity contribution in [2.75, 3.05) is 18.0 Å². The average molecular weight is 378 g/mol. The van der Waals surface area contributed by atoms with E-state index in [0.29, 0.717) is 17.8 Å². The number of carbonyl (C=O) groups is 2. The number of para-hydroxylation sites is 1. The van der Waals surface area contributed by atoms with Crippen LogP contribution in [0.25, 0.3) is 0 Å². The van der Waals surface area contributed by atoms with Gasteiger partial charge in [-0.05, 0) is 24.1 Å². The Morgan fingerprint density at radius 2 is 1.61 bits per heavy atom. The SMILES string of the molecule is O=C1[C@H]2[C@@H](c3cccc([N+](=O)[O-])c3)N3CCCN3[C@H]2C(=O)N1c1ccccc1. The van der Waals surface area contributed by atoms with E-state index in [4.69, 9.17) is 0 Å². The van der Waals surface area contributed by atoms with Gasteiger partial charge in [0, 0.05) is 25.2 Å². The molecule has 0 unspecified atom stereocenters. The number of nitro benzene ring substituents is 1. The lowest BCUT2D eigenvalue weighted by Gasteiger charge is -2.29. The Balaban J connectivity index is 1.59. The molecule has 0 saturated carbocycles. The number of benzene rings is 2. The number of non-ortho nitro benzene ring substituents is 1. The van der Waals surface area contributed by atoms with E-state index in [9.17, 15) is 19.7 Å². The van der Waals surface area contributed by atoms with Crippen LogP contribution in [0.3, 0.4) is 0 Å². The molecular formula is C20H18N4O4. The van der Waals surface area contributed by atoms with Gasteiger partial charge in [0.15, 0.2) is 0 Å². The second-order valence-electron chi connectivity index (χ2n) is 7.29. The highest BCUT2D eigenvalue weighted by molar-refractivity contribution is 6.24. The van der Waals surface area contributed by atoms with Crippen LogP contribution in [0.5, 0.6) is 0 Å². The Morgan fingerprint density at radius 3 is 2.32 bits per heavy atom. The molecule has 28 heavy (non-hydrogen) atoms. The second kappa shape index (κ2) is 6.22. The molecule has 5 rings (SSSR count). The van der Waals surface area contributed by atoms with Gasteiger partial charge in [-0.15, -0.1) is 0 Å². The lowest BCUT2D eigenvalue weighted by atomic mass is 9.89. The maximum Gasteiger partial charge on any atom is 0.269 e. The third-order valence-electron chi connectivity index (χ3n) is 5.84. The maximum atomic E-state index is 13.3. The Bertz CT molecular complexity index is 979. The van der Waals surface area contributed by atoms with E-state index in [1.165, 1.54) is 17.0 Å². The van der Waals surface area contributed by atoms with E-state index in [2.05, 4.69) is 0 Å². The fourth-order valence-electron chi connectivity index (χ4n) is 4.77. The van der Waals surface area contributed by atoms with Gasteiger partial charge < -0.3 is 0 Å². The normalized spacial score (nSPS) is 27.3. The van der Waals surface area contributed by atoms with Crippen LogP contribution in [-0.4, -0.2) is 45.9 Å². The summed E-state index contributed by atoms with van der Waals surface area (Å²) < 4.78 is 0. The lowest BCUT2D eigenvalue weighted by molar-refractivity contribution is -0.385. The van der Waals surface area contributed by atoms with Gasteiger partial charge in [0.25, 0.3) is 11.6 Å². The van der Waals surface area contributed by atoms with Gasteiger partial charge in [0.05, 0.1) is 22.6 Å². The van der Waals surface area contributed by atoms with Gasteiger partial charge in [-0.25, -0.2) is 14.9 Å². The molecule has 3 atom stereocenters. The van der Waals surface area contributed by atoms with Crippen molar-refractivity contribution in [2.24, 2.45) is 5.92 Å². The highest BCUT2D eigenvalue weighted by Gasteiger charge is 2.62. The van der Waals surface area contributed by atoms with E-state index >= 15 is 0 Å². The van der Waals surface area contributed by atoms with Crippen molar-refractivity contribution in [3.05, 3.63) is 70.3 Å². The van der Waals surface area contributed by atoms with Crippen LogP contribution in [0, 0.1) is 16.0 Å². The Hall–Kier alpha value is -3.10. The van der Waals surface area contributed by atoms with Crippen LogP contribution in [0.15, 0.2) is 54.6 Å². The number of imide groups is 1. The molecule has 0 aromatic heterocycles. The first-order valence-electron chi connectivity index (χ1n) is 9.28. The van der Waals surface area contributed by atoms with E-state index in [1.807, 2.05) is 16.1 Å². The third kappa shape index (κ3) is 2.31. The number of hydrogen-bond acceptors (Lipinski definition) is 6. The first-order chi connectivity index (χ1) is 13.6. The number of hydrazine groups is 1. The summed E-state index contributed by atoms with van der Waals surface area (Å²) in [6.45, 7) is 1.43. The van der Waals surface area contributed by atoms with Crippen LogP contribution >= 0.6 is 0 Å². The summed E-state index contributed by atoms with van der Waals surface area (Å²) in [5.41, 5.74) is 1.25. The molecular weight excluding hydrogens is 360 g/mol. The minimum absolute atomic E-state index is 0.0108. The number of carbonyl (C=O) groups excluding carboxylic acids is 2. The number of fused-ring (bicyclic) bond motifs is 3. The molecule has 8 heteroatoms. The van der Waals surface area contributed by atoms with Crippen LogP contribution in [0.2, 0.25) is 0 Å². The number of amides is 2. The van der Waals surface area contributed by atoms with Gasteiger partial charge in [-0.3, -0.25) is 19.7 Å². The summed E-state index contributed by atoms with van der Waals surface area (Å²) >= 11 is 0. The topological polar surface area (TPSA) is 87.0 Å². The number of anilines is 1. The summed E-state index contributed by atoms with van der Waals surface area (Å²) in [6, 6.07) is 14.4. The molecule has 0 spiro atoms. The van der Waals surface area contributed by atoms with Crippen LogP contribution < -0.4 is 4.90 Å². The summed E-state index contributed by atoms with van der Waals surface area (Å²) in [5.74, 6) is -1.04. The van der Waals surface area contributed by atoms with Gasteiger partial charge in [-0.2, -0.15) is 0 Å². The zero-order valence-corrected chi connectivity index (χ0v) is 15.0. The van der Waals surface area contributed by atoms with Crippen molar-refractivity contribution >= 4 is 23.2 Å². The van der Waals surface area contributed by atoms with Crippen molar-refractivity contribution < 1.29 is 14.5 Å². The predicted molar refractivity (Wildman–Crippen MR) is 100 cm³/mol. The zero-order chi connectivity index (χ0) is 19.4. The van der Waals surface area contributed by atoms with E-state index in [1.54, 1.807) is 36.4 Å². The van der Waals surface area contributed by atoms with E-state index in [0.717, 1.165) is 13.0 Å². The standard InChI is InChI=1S/C20H18N4O4/c25-19-16-17(13-6-4-9-15(12-13)24(27)28)21-10-5-11-22(21)18(16)20(26)23(19)14-7-2-1-3-8-14/h1-4,6-9,12,16-18H,5,10-11H2/t16-,17+,18+/m0/s1. The number of nitro groups is 1. The first-order valence-corrected chi connectivity index (χ1v) is 9.28. The number of rotatable bonds is 3. The largest absolute Gasteiger partial charge is 0.274 e. The van der Waals surface area contributed by atoms with Gasteiger partial charge in [0.1, 0.15) is 6.04 Å². The van der Waals surface area contributed by atoms with Crippen LogP contribution in [-0.2, 0) is 9.59 Å². The van der Waals surface area contributed by atoms with Crippen molar-refractivity contribution in [3.8, 4) is 0 Å². The second-order valence-corrected chi connectivity index (χ2v) is 7.29. The quantitative estimate of drug-likeness (QED) is 0.462. The Kier molecular flexibility index (Phi) is 3.78. The number of hydrogen-bond donors (Lipinski definition) is 0. The summed E-state index contributed by atoms with van der Waals surface area (Å²) in [6.07, 6.45) is 0.890. The molecule has 2 aromatic rings. The Labute approximate surface area is 161 Å². The molecule has 0 aliphatic carbocycles. The molecule has 0 radical (unpaired) electrons. The molecule has 3 fully saturated rings. The minimum Gasteiger partial charge on any atom is -0.274 e. The molecule has 2 amide bonds. The van der Waals surface area contributed by atoms with E-state index < -0.39 is 16.9 Å². The molecule has 0 bridgehead atoms. The highest BCUT2D eigenvalue weighted by atomic mass is 16.6. The smallest absolute Gasteiger partial charge is 0.269 e. The fourth-order valence-corrected chi connectivity index (χ4v) is 4.77. The van der Waals surface area contributed by atoms with Crippen molar-refractivity contribution in [3.63, 3.8) is 0 Å². The lowest BCUT2D eigenvalue weighted by Crippen LogP contribution is -2.44. The zero-order valence-electron chi connectivity index (χ0n) is 15.0. The molecule has 3 aliphatic rings. The Morgan fingerprint density at radius 1 is 0.893 bits per heavy atom. The van der Waals surface area contributed by atoms with Crippen LogP contribution in [0.1, 0.15) is 18.0 Å². The summed E-state index contributed by atoms with van der Waals surface area (Å²) in [4.78, 5) is 38.6. The third-order valence-corrected chi connectivity index (χ3v) is 5.84. The molecule has 142 valence electrons. The molecule has 3 heterocycles. The van der Waals surface area contributed by atoms with Gasteiger partial charge >= 0.3 is 0 Å². The molecule has 3 aliphatic heterocycles. The average Bonchev–Trinajstić information content (AvgIpc) is 3.34. The van der Waals surface area contributed by atoms with Crippen LogP contribution in [0.4, 0.5) is 11.4 Å². The van der Waals surface area contributed by atoms with Crippen molar-refractivity contribution in [1.29, 1.82) is 0 Å². The van der Waals surface area contributed by atoms with E-state index in [-0.39, 0.29) is 23.5 Å². The molecule has 3 saturated heterocycles. The van der Waals surface area contributed by atoms with Gasteiger partial charge in [0.2, 0.25) is 5.91 Å². The molecule has 8 nitrogen and oxygen atoms in total. The summed E-state index contributed by atoms with van der Waals surface area (Å²) in [7, 11) is 0. The minimum atomic E-state index is -0.574. The fraction of sp³-hybridized carbons (Fsp3) is 0.300. The summed E-state index contributed by atoms with van der Waals surface area (Å²) in [5, 5.41) is 15.3. The monoisotopic (exact) mass is 378 g/mol. The molecule has 2 aromatic carbocycles. The van der Waals surface area contributed by atoms with Crippen molar-refractivity contribution in [2.45, 2.75) is 18.5 Å². The number of nitrogens with zero attached hydrogens (tertiary/aromatic N) is 4. The first kappa shape index (κ1) is 17.0. The molecule has 0 N–H and O–H groups in total.